The molecule has 1 rings (SSSR count). The number of hydrogen-bond acceptors (Lipinski definition) is 2. The highest BCUT2D eigenvalue weighted by atomic mass is 28.4. The second-order valence-corrected chi connectivity index (χ2v) is 14.6. The van der Waals surface area contributed by atoms with Gasteiger partial charge in [0.05, 0.1) is 8.07 Å². The minimum atomic E-state index is -1.91. The monoisotopic (exact) mass is 324 g/mol. The van der Waals surface area contributed by atoms with Gasteiger partial charge in [-0.3, -0.25) is 0 Å². The largest absolute Gasteiger partial charge is 0.395 e. The van der Waals surface area contributed by atoms with Gasteiger partial charge < -0.3 is 8.85 Å². The summed E-state index contributed by atoms with van der Waals surface area (Å²) >= 11 is 0. The predicted molar refractivity (Wildman–Crippen MR) is 97.3 cm³/mol. The van der Waals surface area contributed by atoms with Crippen LogP contribution < -0.4 is 5.19 Å². The summed E-state index contributed by atoms with van der Waals surface area (Å²) in [6.45, 7) is 12.8. The van der Waals surface area contributed by atoms with Crippen LogP contribution in [0.1, 0.15) is 26.7 Å². The van der Waals surface area contributed by atoms with Crippen molar-refractivity contribution < 1.29 is 8.85 Å². The molecule has 0 fully saturated rings. The highest BCUT2D eigenvalue weighted by molar-refractivity contribution is 6.89. The maximum Gasteiger partial charge on any atom is 0.334 e. The molecule has 0 N–H and O–H groups in total. The van der Waals surface area contributed by atoms with Gasteiger partial charge in [-0.1, -0.05) is 67.5 Å². The van der Waals surface area contributed by atoms with Gasteiger partial charge in [0.15, 0.2) is 0 Å². The fourth-order valence-electron chi connectivity index (χ4n) is 2.84. The second-order valence-electron chi connectivity index (χ2n) is 6.46. The minimum Gasteiger partial charge on any atom is -0.395 e. The Morgan fingerprint density at radius 2 is 1.33 bits per heavy atom. The van der Waals surface area contributed by atoms with Crippen LogP contribution in [0.5, 0.6) is 0 Å². The Morgan fingerprint density at radius 1 is 0.810 bits per heavy atom. The summed E-state index contributed by atoms with van der Waals surface area (Å²) in [5.41, 5.74) is 0. The fourth-order valence-corrected chi connectivity index (χ4v) is 7.85. The fraction of sp³-hybridized carbons (Fsp3) is 0.647. The number of rotatable bonds is 10. The third-order valence-electron chi connectivity index (χ3n) is 4.14. The molecule has 0 aromatic heterocycles. The van der Waals surface area contributed by atoms with Gasteiger partial charge in [0.2, 0.25) is 0 Å². The van der Waals surface area contributed by atoms with E-state index in [4.69, 9.17) is 8.85 Å². The van der Waals surface area contributed by atoms with Crippen LogP contribution in [0.25, 0.3) is 0 Å². The molecule has 2 nitrogen and oxygen atoms in total. The van der Waals surface area contributed by atoms with E-state index in [1.54, 1.807) is 5.19 Å². The molecule has 0 amide bonds. The molecule has 0 heterocycles. The zero-order chi connectivity index (χ0) is 15.8. The average Bonchev–Trinajstić information content (AvgIpc) is 2.45. The van der Waals surface area contributed by atoms with Crippen molar-refractivity contribution in [1.82, 2.24) is 0 Å². The summed E-state index contributed by atoms with van der Waals surface area (Å²) in [4.78, 5) is 0. The minimum absolute atomic E-state index is 0.771. The maximum atomic E-state index is 5.91. The Bertz CT molecular complexity index is 387. The summed E-state index contributed by atoms with van der Waals surface area (Å²) in [6.07, 6.45) is 2.52. The molecule has 0 unspecified atom stereocenters. The van der Waals surface area contributed by atoms with Crippen LogP contribution in [0, 0.1) is 0 Å². The van der Waals surface area contributed by atoms with E-state index in [1.807, 2.05) is 0 Å². The molecule has 21 heavy (non-hydrogen) atoms. The smallest absolute Gasteiger partial charge is 0.334 e. The third kappa shape index (κ3) is 6.47. The predicted octanol–water partition coefficient (Wildman–Crippen LogP) is 4.53. The van der Waals surface area contributed by atoms with Gasteiger partial charge in [0, 0.05) is 13.2 Å². The molecule has 0 bridgehead atoms. The molecule has 0 saturated heterocycles. The van der Waals surface area contributed by atoms with Crippen LogP contribution in [0.2, 0.25) is 31.7 Å². The normalized spacial score (nSPS) is 12.6. The van der Waals surface area contributed by atoms with E-state index in [9.17, 15) is 0 Å². The van der Waals surface area contributed by atoms with Crippen molar-refractivity contribution in [2.24, 2.45) is 0 Å². The summed E-state index contributed by atoms with van der Waals surface area (Å²) in [6, 6.07) is 13.5. The Labute approximate surface area is 133 Å². The molecular weight excluding hydrogens is 292 g/mol. The Morgan fingerprint density at radius 3 is 1.86 bits per heavy atom. The van der Waals surface area contributed by atoms with Crippen LogP contribution in [0.4, 0.5) is 0 Å². The molecule has 4 heteroatoms. The lowest BCUT2D eigenvalue weighted by Crippen LogP contribution is -2.41. The summed E-state index contributed by atoms with van der Waals surface area (Å²) in [5, 5.41) is 1.57. The van der Waals surface area contributed by atoms with E-state index in [2.05, 4.69) is 63.8 Å². The van der Waals surface area contributed by atoms with E-state index in [0.717, 1.165) is 19.3 Å². The van der Waals surface area contributed by atoms with Crippen LogP contribution in [0.3, 0.4) is 0 Å². The quantitative estimate of drug-likeness (QED) is 0.465. The zero-order valence-electron chi connectivity index (χ0n) is 14.4. The average molecular weight is 325 g/mol. The van der Waals surface area contributed by atoms with Gasteiger partial charge in [0.25, 0.3) is 0 Å². The standard InChI is InChI=1S/C17H32O2Si2/c1-6-18-21(5,19-7-2)16-12-11-15-20(3,4)17-13-9-8-10-14-17/h8-10,13-14H,6-7,11-12,15-16H2,1-5H3. The van der Waals surface area contributed by atoms with E-state index in [-0.39, 0.29) is 0 Å². The lowest BCUT2D eigenvalue weighted by Gasteiger charge is -2.27. The first kappa shape index (κ1) is 18.6. The van der Waals surface area contributed by atoms with Gasteiger partial charge in [-0.15, -0.1) is 0 Å². The Hall–Kier alpha value is -0.426. The van der Waals surface area contributed by atoms with Crippen LogP contribution in [0.15, 0.2) is 30.3 Å². The van der Waals surface area contributed by atoms with E-state index < -0.39 is 16.6 Å². The van der Waals surface area contributed by atoms with Crippen molar-refractivity contribution in [1.29, 1.82) is 0 Å². The topological polar surface area (TPSA) is 18.5 Å². The van der Waals surface area contributed by atoms with E-state index in [1.165, 1.54) is 18.9 Å². The van der Waals surface area contributed by atoms with Gasteiger partial charge in [-0.2, -0.15) is 0 Å². The third-order valence-corrected chi connectivity index (χ3v) is 10.7. The van der Waals surface area contributed by atoms with E-state index in [0.29, 0.717) is 0 Å². The van der Waals surface area contributed by atoms with Crippen molar-refractivity contribution in [3.05, 3.63) is 30.3 Å². The Balaban J connectivity index is 2.42. The molecular formula is C17H32O2Si2. The van der Waals surface area contributed by atoms with Crippen molar-refractivity contribution in [3.63, 3.8) is 0 Å². The maximum absolute atomic E-state index is 5.91. The summed E-state index contributed by atoms with van der Waals surface area (Å²) in [5.74, 6) is 0. The summed E-state index contributed by atoms with van der Waals surface area (Å²) in [7, 11) is -3.19. The van der Waals surface area contributed by atoms with Gasteiger partial charge in [-0.05, 0) is 26.4 Å². The number of hydrogen-bond donors (Lipinski definition) is 0. The number of unbranched alkanes of at least 4 members (excludes halogenated alkanes) is 1. The van der Waals surface area contributed by atoms with Gasteiger partial charge in [0.1, 0.15) is 0 Å². The molecule has 0 spiro atoms. The Kier molecular flexibility index (Phi) is 7.88. The lowest BCUT2D eigenvalue weighted by atomic mass is 10.4. The zero-order valence-corrected chi connectivity index (χ0v) is 16.4. The molecule has 0 aliphatic rings. The molecule has 120 valence electrons. The first-order valence-corrected chi connectivity index (χ1v) is 14.0. The van der Waals surface area contributed by atoms with Gasteiger partial charge >= 0.3 is 8.56 Å². The van der Waals surface area contributed by atoms with Crippen LogP contribution >= 0.6 is 0 Å². The van der Waals surface area contributed by atoms with Crippen molar-refractivity contribution in [2.45, 2.75) is 58.4 Å². The van der Waals surface area contributed by atoms with Crippen LogP contribution in [-0.2, 0) is 8.85 Å². The lowest BCUT2D eigenvalue weighted by molar-refractivity contribution is 0.188. The van der Waals surface area contributed by atoms with Crippen molar-refractivity contribution in [3.8, 4) is 0 Å². The first-order chi connectivity index (χ1) is 9.93. The molecule has 1 aromatic carbocycles. The molecule has 0 radical (unpaired) electrons. The van der Waals surface area contributed by atoms with Crippen molar-refractivity contribution in [2.75, 3.05) is 13.2 Å². The second kappa shape index (κ2) is 8.88. The van der Waals surface area contributed by atoms with Gasteiger partial charge in [-0.25, -0.2) is 0 Å². The van der Waals surface area contributed by atoms with E-state index >= 15 is 0 Å². The number of benzene rings is 1. The molecule has 1 aromatic rings. The first-order valence-electron chi connectivity index (χ1n) is 8.27. The highest BCUT2D eigenvalue weighted by Crippen LogP contribution is 2.21. The SMILES string of the molecule is CCO[Si](C)(CCCC[Si](C)(C)c1ccccc1)OCC. The highest BCUT2D eigenvalue weighted by Gasteiger charge is 2.30. The molecule has 0 atom stereocenters. The van der Waals surface area contributed by atoms with Crippen molar-refractivity contribution >= 4 is 21.8 Å². The van der Waals surface area contributed by atoms with Crippen LogP contribution in [-0.4, -0.2) is 29.8 Å². The molecule has 0 saturated carbocycles. The molecule has 0 aliphatic carbocycles. The molecule has 0 aliphatic heterocycles. The summed E-state index contributed by atoms with van der Waals surface area (Å²) < 4.78 is 11.8.